The van der Waals surface area contributed by atoms with Crippen LogP contribution < -0.4 is 5.73 Å². The zero-order valence-electron chi connectivity index (χ0n) is 18.4. The minimum absolute atomic E-state index is 0.0533. The van der Waals surface area contributed by atoms with Crippen molar-refractivity contribution in [3.8, 4) is 0 Å². The molecular weight excluding hydrogens is 540 g/mol. The van der Waals surface area contributed by atoms with Crippen LogP contribution in [-0.2, 0) is 39.5 Å². The molecule has 8 atom stereocenters. The molecule has 2 aromatic rings. The molecule has 6 N–H and O–H groups in total. The number of phosphoric ester groups is 1. The Morgan fingerprint density at radius 1 is 1.25 bits per heavy atom. The first-order chi connectivity index (χ1) is 16.9. The Balaban J connectivity index is 1.39. The summed E-state index contributed by atoms with van der Waals surface area (Å²) in [5, 5.41) is 11.0. The van der Waals surface area contributed by atoms with Gasteiger partial charge < -0.3 is 35.0 Å². The monoisotopic (exact) mass is 563 g/mol. The molecule has 1 aliphatic heterocycles. The number of phosphoric acid groups is 1. The van der Waals surface area contributed by atoms with E-state index < -0.39 is 51.7 Å². The summed E-state index contributed by atoms with van der Waals surface area (Å²) in [5.41, 5.74) is 6.34. The summed E-state index contributed by atoms with van der Waals surface area (Å²) in [6.07, 6.45) is 2.84. The number of nitrogen functional groups attached to an aromatic ring is 1. The van der Waals surface area contributed by atoms with Crippen LogP contribution in [0.5, 0.6) is 0 Å². The number of imidazole rings is 1. The maximum absolute atomic E-state index is 13.1. The van der Waals surface area contributed by atoms with Gasteiger partial charge in [-0.2, -0.15) is 0 Å². The van der Waals surface area contributed by atoms with E-state index in [1.165, 1.54) is 17.2 Å². The third-order valence-corrected chi connectivity index (χ3v) is 9.17. The number of nitrogens with zero attached hydrogens (tertiary/aromatic N) is 4. The molecule has 18 heteroatoms. The second-order valence-electron chi connectivity index (χ2n) is 8.76. The van der Waals surface area contributed by atoms with Gasteiger partial charge in [-0.15, -0.1) is 0 Å². The van der Waals surface area contributed by atoms with Crippen molar-refractivity contribution in [2.45, 2.75) is 37.4 Å². The lowest BCUT2D eigenvalue weighted by Gasteiger charge is -2.25. The van der Waals surface area contributed by atoms with Gasteiger partial charge in [0.2, 0.25) is 0 Å². The van der Waals surface area contributed by atoms with E-state index in [1.807, 2.05) is 6.08 Å². The fraction of sp³-hybridized carbons (Fsp3) is 0.556. The summed E-state index contributed by atoms with van der Waals surface area (Å²) >= 11 is 4.19. The normalized spacial score (nSPS) is 33.3. The first-order valence-electron chi connectivity index (χ1n) is 10.8. The number of carbonyl (C=O) groups is 1. The minimum atomic E-state index is -5.01. The predicted molar refractivity (Wildman–Crippen MR) is 124 cm³/mol. The molecule has 0 spiro atoms. The van der Waals surface area contributed by atoms with Crippen molar-refractivity contribution >= 4 is 49.3 Å². The highest BCUT2D eigenvalue weighted by atomic mass is 32.5. The second-order valence-corrected chi connectivity index (χ2v) is 13.0. The molecule has 0 amide bonds. The van der Waals surface area contributed by atoms with Crippen LogP contribution in [0.1, 0.15) is 19.1 Å². The van der Waals surface area contributed by atoms with Gasteiger partial charge in [-0.25, -0.2) is 23.8 Å². The highest BCUT2D eigenvalue weighted by molar-refractivity contribution is 8.08. The van der Waals surface area contributed by atoms with E-state index in [9.17, 15) is 19.4 Å². The van der Waals surface area contributed by atoms with Gasteiger partial charge in [-0.05, 0) is 36.5 Å². The maximum Gasteiger partial charge on any atom is 0.479 e. The Hall–Kier alpha value is -1.84. The van der Waals surface area contributed by atoms with Crippen molar-refractivity contribution in [2.75, 3.05) is 12.3 Å². The molecule has 2 fully saturated rings. The SMILES string of the molecule is Nc1ncnc2c1ncn2[C@@H]1O[C@H](COP(=O)(O)OP(O)(O)=S)[C@@H](O)[C@H]1OC(=O)C1CC2C=CC1C2. The Labute approximate surface area is 208 Å². The molecule has 1 saturated heterocycles. The molecule has 2 bridgehead atoms. The number of anilines is 1. The fourth-order valence-electron chi connectivity index (χ4n) is 4.86. The molecule has 15 nitrogen and oxygen atoms in total. The van der Waals surface area contributed by atoms with Gasteiger partial charge in [-0.3, -0.25) is 13.9 Å². The van der Waals surface area contributed by atoms with Crippen LogP contribution in [0.2, 0.25) is 0 Å². The lowest BCUT2D eigenvalue weighted by atomic mass is 9.94. The number of hydrogen-bond donors (Lipinski definition) is 5. The van der Waals surface area contributed by atoms with Gasteiger partial charge in [0.05, 0.1) is 18.9 Å². The predicted octanol–water partition coefficient (Wildman–Crippen LogP) is 0.133. The smallest absolute Gasteiger partial charge is 0.454 e. The Bertz CT molecular complexity index is 1300. The summed E-state index contributed by atoms with van der Waals surface area (Å²) in [6.45, 7) is -5.26. The Morgan fingerprint density at radius 2 is 2.03 bits per heavy atom. The van der Waals surface area contributed by atoms with Crippen molar-refractivity contribution in [1.29, 1.82) is 0 Å². The lowest BCUT2D eigenvalue weighted by molar-refractivity contribution is -0.164. The first kappa shape index (κ1) is 25.8. The molecule has 1 saturated carbocycles. The van der Waals surface area contributed by atoms with E-state index in [0.717, 1.165) is 6.42 Å². The van der Waals surface area contributed by atoms with Crippen molar-refractivity contribution in [2.24, 2.45) is 17.8 Å². The fourth-order valence-corrected chi connectivity index (χ4v) is 7.22. The molecule has 36 heavy (non-hydrogen) atoms. The summed E-state index contributed by atoms with van der Waals surface area (Å²) in [6, 6.07) is 0. The number of ether oxygens (including phenoxy) is 2. The highest BCUT2D eigenvalue weighted by Crippen LogP contribution is 2.58. The van der Waals surface area contributed by atoms with E-state index >= 15 is 0 Å². The lowest BCUT2D eigenvalue weighted by Crippen LogP contribution is -2.39. The third-order valence-electron chi connectivity index (χ3n) is 6.42. The standard InChI is InChI=1S/C18H23N5O10P2S/c19-15-12-16(21-6-20-15)23(7-22-12)17-14(32-18(25)10-4-8-1-2-9(10)3-8)13(24)11(31-17)5-30-34(26,27)33-35(28,29)36/h1-2,6-11,13-14,17,24H,3-5H2,(H,26,27)(H2,19,20,21)(H2,28,29,36)/t8?,9?,10?,11-,13-,14-,17-/m1/s1. The van der Waals surface area contributed by atoms with Crippen LogP contribution in [0.15, 0.2) is 24.8 Å². The van der Waals surface area contributed by atoms with Crippen LogP contribution in [0.25, 0.3) is 11.2 Å². The highest BCUT2D eigenvalue weighted by Gasteiger charge is 2.50. The van der Waals surface area contributed by atoms with Gasteiger partial charge in [0, 0.05) is 0 Å². The van der Waals surface area contributed by atoms with Crippen molar-refractivity contribution in [1.82, 2.24) is 19.5 Å². The number of esters is 1. The molecule has 2 aromatic heterocycles. The van der Waals surface area contributed by atoms with E-state index in [-0.39, 0.29) is 28.8 Å². The van der Waals surface area contributed by atoms with Crippen LogP contribution in [-0.4, -0.2) is 70.2 Å². The molecule has 4 unspecified atom stereocenters. The van der Waals surface area contributed by atoms with Gasteiger partial charge in [0.25, 0.3) is 0 Å². The summed E-state index contributed by atoms with van der Waals surface area (Å²) in [4.78, 5) is 53.2. The number of rotatable bonds is 8. The Morgan fingerprint density at radius 3 is 2.69 bits per heavy atom. The number of nitrogens with two attached hydrogens (primary N) is 1. The van der Waals surface area contributed by atoms with E-state index in [4.69, 9.17) is 29.5 Å². The van der Waals surface area contributed by atoms with Crippen LogP contribution in [0.4, 0.5) is 5.82 Å². The van der Waals surface area contributed by atoms with Crippen LogP contribution in [0.3, 0.4) is 0 Å². The van der Waals surface area contributed by atoms with Gasteiger partial charge in [-0.1, -0.05) is 12.2 Å². The molecule has 3 heterocycles. The molecule has 196 valence electrons. The van der Waals surface area contributed by atoms with Crippen LogP contribution >= 0.6 is 14.5 Å². The van der Waals surface area contributed by atoms with Gasteiger partial charge >= 0.3 is 20.5 Å². The number of allylic oxidation sites excluding steroid dienone is 2. The number of aliphatic hydroxyl groups excluding tert-OH is 1. The first-order valence-corrected chi connectivity index (χ1v) is 14.9. The number of aromatic nitrogens is 4. The van der Waals surface area contributed by atoms with Crippen LogP contribution in [0, 0.1) is 17.8 Å². The van der Waals surface area contributed by atoms with E-state index in [0.29, 0.717) is 12.3 Å². The second kappa shape index (κ2) is 9.48. The largest absolute Gasteiger partial charge is 0.479 e. The quantitative estimate of drug-likeness (QED) is 0.164. The number of carbonyl (C=O) groups excluding carboxylic acids is 1. The average Bonchev–Trinajstić information content (AvgIpc) is 3.56. The van der Waals surface area contributed by atoms with Crippen molar-refractivity contribution < 1.29 is 47.5 Å². The average molecular weight is 563 g/mol. The van der Waals surface area contributed by atoms with E-state index in [1.54, 1.807) is 0 Å². The molecule has 0 radical (unpaired) electrons. The topological polar surface area (TPSA) is 222 Å². The molecule has 0 aromatic carbocycles. The molecular formula is C18H23N5O10P2S. The zero-order valence-corrected chi connectivity index (χ0v) is 21.0. The molecule has 2 aliphatic carbocycles. The van der Waals surface area contributed by atoms with Crippen molar-refractivity contribution in [3.05, 3.63) is 24.8 Å². The van der Waals surface area contributed by atoms with Gasteiger partial charge in [0.1, 0.15) is 24.1 Å². The number of aliphatic hydroxyl groups is 1. The van der Waals surface area contributed by atoms with Crippen molar-refractivity contribution in [3.63, 3.8) is 0 Å². The summed E-state index contributed by atoms with van der Waals surface area (Å²) < 4.78 is 33.9. The number of fused-ring (bicyclic) bond motifs is 3. The summed E-state index contributed by atoms with van der Waals surface area (Å²) in [5.74, 6) is -0.422. The maximum atomic E-state index is 13.1. The van der Waals surface area contributed by atoms with Gasteiger partial charge in [0.15, 0.2) is 23.8 Å². The molecule has 3 aliphatic rings. The number of hydrogen-bond acceptors (Lipinski definition) is 12. The minimum Gasteiger partial charge on any atom is -0.454 e. The third kappa shape index (κ3) is 5.11. The molecule has 5 rings (SSSR count). The van der Waals surface area contributed by atoms with E-state index in [2.05, 4.69) is 37.1 Å². The summed E-state index contributed by atoms with van der Waals surface area (Å²) in [7, 11) is -5.01. The Kier molecular flexibility index (Phi) is 6.79. The zero-order chi connectivity index (χ0) is 25.8.